The monoisotopic (exact) mass is 387 g/mol. The molecule has 1 N–H and O–H groups in total. The number of thiazole rings is 1. The van der Waals surface area contributed by atoms with Gasteiger partial charge in [0.1, 0.15) is 10.8 Å². The molecule has 1 amide bonds. The first-order chi connectivity index (χ1) is 12.6. The lowest BCUT2D eigenvalue weighted by molar-refractivity contribution is -0.112. The molecule has 1 aromatic heterocycles. The molecule has 0 fully saturated rings. The number of halogens is 2. The van der Waals surface area contributed by atoms with Gasteiger partial charge in [-0.15, -0.1) is 11.3 Å². The molecule has 0 saturated heterocycles. The molecular formula is C18H11ClFN3O2S. The lowest BCUT2D eigenvalue weighted by atomic mass is 10.1. The van der Waals surface area contributed by atoms with Crippen LogP contribution >= 0.6 is 22.9 Å². The van der Waals surface area contributed by atoms with E-state index < -0.39 is 11.7 Å². The zero-order chi connectivity index (χ0) is 18.3. The number of anilines is 1. The summed E-state index contributed by atoms with van der Waals surface area (Å²) in [6.07, 6.45) is 0. The van der Waals surface area contributed by atoms with Gasteiger partial charge in [-0.05, 0) is 30.3 Å². The highest BCUT2D eigenvalue weighted by molar-refractivity contribution is 7.13. The van der Waals surface area contributed by atoms with Crippen molar-refractivity contribution in [3.8, 4) is 10.6 Å². The van der Waals surface area contributed by atoms with Gasteiger partial charge in [0, 0.05) is 21.5 Å². The number of carbonyl (C=O) groups is 1. The number of fused-ring (bicyclic) bond motifs is 1. The number of benzene rings is 2. The number of nitrogens with zero attached hydrogens (tertiary/aromatic N) is 3. The fourth-order valence-electron chi connectivity index (χ4n) is 2.81. The predicted octanol–water partition coefficient (Wildman–Crippen LogP) is 4.33. The second-order valence-electron chi connectivity index (χ2n) is 5.65. The van der Waals surface area contributed by atoms with E-state index in [0.717, 1.165) is 10.6 Å². The van der Waals surface area contributed by atoms with Crippen molar-refractivity contribution in [3.63, 3.8) is 0 Å². The van der Waals surface area contributed by atoms with Gasteiger partial charge in [0.15, 0.2) is 5.71 Å². The van der Waals surface area contributed by atoms with Crippen LogP contribution in [0.4, 0.5) is 10.1 Å². The van der Waals surface area contributed by atoms with Crippen molar-refractivity contribution in [2.75, 3.05) is 4.90 Å². The maximum Gasteiger partial charge on any atom is 0.281 e. The molecule has 0 atom stereocenters. The summed E-state index contributed by atoms with van der Waals surface area (Å²) in [6.45, 7) is 0.195. The van der Waals surface area contributed by atoms with Crippen LogP contribution < -0.4 is 4.90 Å². The number of hydrogen-bond acceptors (Lipinski definition) is 5. The standard InChI is InChI=1S/C18H11ClFN3O2S/c19-11-3-1-10(2-4-11)17-21-13(9-26-17)8-23-15-6-5-12(20)7-14(15)16(22-25)18(23)24/h1-7,9,25H,8H2/b22-16-. The summed E-state index contributed by atoms with van der Waals surface area (Å²) in [4.78, 5) is 18.5. The number of oxime groups is 1. The summed E-state index contributed by atoms with van der Waals surface area (Å²) >= 11 is 7.35. The van der Waals surface area contributed by atoms with Crippen LogP contribution in [0.15, 0.2) is 53.0 Å². The minimum Gasteiger partial charge on any atom is -0.410 e. The van der Waals surface area contributed by atoms with Crippen molar-refractivity contribution >= 4 is 40.2 Å². The predicted molar refractivity (Wildman–Crippen MR) is 98.5 cm³/mol. The van der Waals surface area contributed by atoms with Crippen LogP contribution in [-0.4, -0.2) is 21.8 Å². The maximum atomic E-state index is 13.5. The summed E-state index contributed by atoms with van der Waals surface area (Å²) in [7, 11) is 0. The summed E-state index contributed by atoms with van der Waals surface area (Å²) in [5, 5.41) is 15.5. The molecule has 8 heteroatoms. The Morgan fingerprint density at radius 2 is 2.00 bits per heavy atom. The van der Waals surface area contributed by atoms with E-state index in [2.05, 4.69) is 10.1 Å². The molecule has 2 heterocycles. The van der Waals surface area contributed by atoms with Gasteiger partial charge in [-0.3, -0.25) is 4.79 Å². The quantitative estimate of drug-likeness (QED) is 0.537. The first kappa shape index (κ1) is 16.7. The van der Waals surface area contributed by atoms with E-state index in [1.54, 1.807) is 12.1 Å². The number of hydrogen-bond donors (Lipinski definition) is 1. The normalized spacial score (nSPS) is 14.9. The fourth-order valence-corrected chi connectivity index (χ4v) is 3.75. The third-order valence-corrected chi connectivity index (χ3v) is 5.21. The Hall–Kier alpha value is -2.77. The zero-order valence-corrected chi connectivity index (χ0v) is 14.8. The van der Waals surface area contributed by atoms with Gasteiger partial charge in [-0.2, -0.15) is 0 Å². The molecule has 4 rings (SSSR count). The van der Waals surface area contributed by atoms with Crippen molar-refractivity contribution in [2.24, 2.45) is 5.16 Å². The molecule has 130 valence electrons. The van der Waals surface area contributed by atoms with Gasteiger partial charge in [0.05, 0.1) is 17.9 Å². The third-order valence-electron chi connectivity index (χ3n) is 4.02. The smallest absolute Gasteiger partial charge is 0.281 e. The average molecular weight is 388 g/mol. The number of rotatable bonds is 3. The first-order valence-corrected chi connectivity index (χ1v) is 8.87. The molecule has 2 aromatic carbocycles. The Morgan fingerprint density at radius 1 is 1.23 bits per heavy atom. The minimum atomic E-state index is -0.502. The average Bonchev–Trinajstić information content (AvgIpc) is 3.19. The number of amides is 1. The Balaban J connectivity index is 1.64. The summed E-state index contributed by atoms with van der Waals surface area (Å²) < 4.78 is 13.5. The van der Waals surface area contributed by atoms with Gasteiger partial charge in [0.25, 0.3) is 5.91 Å². The third kappa shape index (κ3) is 2.85. The van der Waals surface area contributed by atoms with Crippen LogP contribution in [-0.2, 0) is 11.3 Å². The van der Waals surface area contributed by atoms with E-state index in [1.807, 2.05) is 17.5 Å². The summed E-state index contributed by atoms with van der Waals surface area (Å²) in [5.41, 5.74) is 2.20. The Kier molecular flexibility index (Phi) is 4.18. The van der Waals surface area contributed by atoms with Crippen LogP contribution in [0.1, 0.15) is 11.3 Å². The molecule has 0 saturated carbocycles. The molecule has 3 aromatic rings. The largest absolute Gasteiger partial charge is 0.410 e. The Bertz CT molecular complexity index is 1030. The van der Waals surface area contributed by atoms with Crippen LogP contribution in [0.5, 0.6) is 0 Å². The molecular weight excluding hydrogens is 377 g/mol. The van der Waals surface area contributed by atoms with E-state index in [1.165, 1.54) is 34.4 Å². The molecule has 1 aliphatic rings. The molecule has 0 unspecified atom stereocenters. The molecule has 0 radical (unpaired) electrons. The summed E-state index contributed by atoms with van der Waals surface area (Å²) in [6, 6.07) is 11.3. The fraction of sp³-hybridized carbons (Fsp3) is 0.0556. The van der Waals surface area contributed by atoms with Crippen molar-refractivity contribution in [2.45, 2.75) is 6.54 Å². The molecule has 0 bridgehead atoms. The zero-order valence-electron chi connectivity index (χ0n) is 13.2. The van der Waals surface area contributed by atoms with E-state index >= 15 is 0 Å². The van der Waals surface area contributed by atoms with E-state index in [4.69, 9.17) is 16.8 Å². The second-order valence-corrected chi connectivity index (χ2v) is 6.95. The van der Waals surface area contributed by atoms with Gasteiger partial charge < -0.3 is 10.1 Å². The molecule has 5 nitrogen and oxygen atoms in total. The molecule has 0 spiro atoms. The van der Waals surface area contributed by atoms with Crippen LogP contribution in [0.2, 0.25) is 5.02 Å². The molecule has 26 heavy (non-hydrogen) atoms. The van der Waals surface area contributed by atoms with Gasteiger partial charge in [-0.1, -0.05) is 28.9 Å². The highest BCUT2D eigenvalue weighted by Crippen LogP contribution is 2.32. The van der Waals surface area contributed by atoms with Crippen molar-refractivity contribution in [1.29, 1.82) is 0 Å². The highest BCUT2D eigenvalue weighted by Gasteiger charge is 2.35. The molecule has 1 aliphatic heterocycles. The van der Waals surface area contributed by atoms with Crippen molar-refractivity contribution < 1.29 is 14.4 Å². The number of aromatic nitrogens is 1. The first-order valence-electron chi connectivity index (χ1n) is 7.61. The maximum absolute atomic E-state index is 13.5. The Labute approximate surface area is 157 Å². The number of carbonyl (C=O) groups excluding carboxylic acids is 1. The van der Waals surface area contributed by atoms with Crippen LogP contribution in [0.3, 0.4) is 0 Å². The summed E-state index contributed by atoms with van der Waals surface area (Å²) in [5.74, 6) is -0.993. The van der Waals surface area contributed by atoms with Crippen LogP contribution in [0.25, 0.3) is 10.6 Å². The lowest BCUT2D eigenvalue weighted by Gasteiger charge is -2.15. The molecule has 0 aliphatic carbocycles. The van der Waals surface area contributed by atoms with Gasteiger partial charge in [0.2, 0.25) is 0 Å². The van der Waals surface area contributed by atoms with Gasteiger partial charge >= 0.3 is 0 Å². The highest BCUT2D eigenvalue weighted by atomic mass is 35.5. The minimum absolute atomic E-state index is 0.173. The van der Waals surface area contributed by atoms with Gasteiger partial charge in [-0.25, -0.2) is 9.37 Å². The van der Waals surface area contributed by atoms with Crippen LogP contribution in [0, 0.1) is 5.82 Å². The second kappa shape index (κ2) is 6.51. The van der Waals surface area contributed by atoms with Crippen molar-refractivity contribution in [3.05, 3.63) is 69.9 Å². The van der Waals surface area contributed by atoms with Crippen molar-refractivity contribution in [1.82, 2.24) is 4.98 Å². The Morgan fingerprint density at radius 3 is 2.73 bits per heavy atom. The topological polar surface area (TPSA) is 65.8 Å². The SMILES string of the molecule is O=C1/C(=N\O)c2cc(F)ccc2N1Cc1csc(-c2ccc(Cl)cc2)n1. The van der Waals surface area contributed by atoms with E-state index in [0.29, 0.717) is 16.4 Å². The lowest BCUT2D eigenvalue weighted by Crippen LogP contribution is -2.29. The van der Waals surface area contributed by atoms with E-state index in [-0.39, 0.29) is 17.8 Å². The van der Waals surface area contributed by atoms with E-state index in [9.17, 15) is 9.18 Å².